The van der Waals surface area contributed by atoms with Crippen LogP contribution < -0.4 is 5.32 Å². The quantitative estimate of drug-likeness (QED) is 0.742. The summed E-state index contributed by atoms with van der Waals surface area (Å²) in [7, 11) is 3.23. The fourth-order valence-corrected chi connectivity index (χ4v) is 3.13. The molecule has 2 rings (SSSR count). The van der Waals surface area contributed by atoms with Gasteiger partial charge >= 0.3 is 5.97 Å². The third-order valence-corrected chi connectivity index (χ3v) is 4.51. The molecule has 2 atom stereocenters. The summed E-state index contributed by atoms with van der Waals surface area (Å²) in [6.07, 6.45) is 4.49. The van der Waals surface area contributed by atoms with E-state index in [1.165, 1.54) is 7.11 Å². The molecule has 1 aliphatic heterocycles. The number of methoxy groups -OCH3 is 2. The SMILES string of the molecule is COC(=O)C(C)(CN1CCCC(C)(OC)C1)NC1CC1. The van der Waals surface area contributed by atoms with E-state index < -0.39 is 5.54 Å². The number of piperidine rings is 1. The predicted octanol–water partition coefficient (Wildman–Crippen LogP) is 1.17. The highest BCUT2D eigenvalue weighted by Gasteiger charge is 2.42. The zero-order valence-electron chi connectivity index (χ0n) is 13.2. The van der Waals surface area contributed by atoms with Gasteiger partial charge in [-0.05, 0) is 46.1 Å². The summed E-state index contributed by atoms with van der Waals surface area (Å²) in [4.78, 5) is 14.5. The van der Waals surface area contributed by atoms with Crippen molar-refractivity contribution in [2.45, 2.75) is 56.7 Å². The van der Waals surface area contributed by atoms with Crippen molar-refractivity contribution in [2.75, 3.05) is 33.9 Å². The molecule has 0 aromatic carbocycles. The van der Waals surface area contributed by atoms with Gasteiger partial charge in [-0.15, -0.1) is 0 Å². The van der Waals surface area contributed by atoms with Crippen molar-refractivity contribution in [2.24, 2.45) is 0 Å². The minimum Gasteiger partial charge on any atom is -0.468 e. The predicted molar refractivity (Wildman–Crippen MR) is 77.7 cm³/mol. The minimum atomic E-state index is -0.623. The average Bonchev–Trinajstić information content (AvgIpc) is 3.21. The van der Waals surface area contributed by atoms with Crippen LogP contribution in [0, 0.1) is 0 Å². The molecule has 1 N–H and O–H groups in total. The van der Waals surface area contributed by atoms with Gasteiger partial charge in [0.2, 0.25) is 0 Å². The molecule has 2 fully saturated rings. The molecule has 5 nitrogen and oxygen atoms in total. The number of esters is 1. The molecular formula is C15H28N2O3. The topological polar surface area (TPSA) is 50.8 Å². The van der Waals surface area contributed by atoms with Crippen LogP contribution in [0.15, 0.2) is 0 Å². The fraction of sp³-hybridized carbons (Fsp3) is 0.933. The van der Waals surface area contributed by atoms with Crippen LogP contribution in [0.25, 0.3) is 0 Å². The normalized spacial score (nSPS) is 30.8. The van der Waals surface area contributed by atoms with Crippen molar-refractivity contribution in [3.05, 3.63) is 0 Å². The molecule has 5 heteroatoms. The Labute approximate surface area is 122 Å². The highest BCUT2D eigenvalue weighted by atomic mass is 16.5. The summed E-state index contributed by atoms with van der Waals surface area (Å²) >= 11 is 0. The van der Waals surface area contributed by atoms with Crippen LogP contribution in [0.1, 0.15) is 39.5 Å². The van der Waals surface area contributed by atoms with Gasteiger partial charge in [0.05, 0.1) is 12.7 Å². The second kappa shape index (κ2) is 6.00. The number of carbonyl (C=O) groups excluding carboxylic acids is 1. The molecule has 0 bridgehead atoms. The first kappa shape index (κ1) is 15.7. The van der Waals surface area contributed by atoms with Gasteiger partial charge in [-0.3, -0.25) is 15.0 Å². The fourth-order valence-electron chi connectivity index (χ4n) is 3.13. The lowest BCUT2D eigenvalue weighted by Gasteiger charge is -2.42. The molecule has 116 valence electrons. The third-order valence-electron chi connectivity index (χ3n) is 4.51. The summed E-state index contributed by atoms with van der Waals surface area (Å²) in [5, 5.41) is 3.45. The molecule has 0 radical (unpaired) electrons. The third kappa shape index (κ3) is 3.71. The maximum absolute atomic E-state index is 12.2. The Kier molecular flexibility index (Phi) is 4.72. The van der Waals surface area contributed by atoms with Crippen LogP contribution in [0.3, 0.4) is 0 Å². The molecule has 1 saturated carbocycles. The molecule has 2 unspecified atom stereocenters. The number of rotatable bonds is 6. The van der Waals surface area contributed by atoms with Gasteiger partial charge in [-0.25, -0.2) is 0 Å². The Balaban J connectivity index is 2.01. The van der Waals surface area contributed by atoms with Gasteiger partial charge in [0, 0.05) is 26.2 Å². The van der Waals surface area contributed by atoms with E-state index in [2.05, 4.69) is 17.1 Å². The van der Waals surface area contributed by atoms with Crippen molar-refractivity contribution in [3.8, 4) is 0 Å². The Bertz CT molecular complexity index is 359. The highest BCUT2D eigenvalue weighted by molar-refractivity contribution is 5.80. The molecule has 0 amide bonds. The van der Waals surface area contributed by atoms with E-state index in [0.717, 1.165) is 38.8 Å². The smallest absolute Gasteiger partial charge is 0.327 e. The van der Waals surface area contributed by atoms with Gasteiger partial charge in [0.1, 0.15) is 5.54 Å². The Hall–Kier alpha value is -0.650. The summed E-state index contributed by atoms with van der Waals surface area (Å²) in [6, 6.07) is 0.470. The standard InChI is InChI=1S/C15H28N2O3/c1-14(20-4)8-5-9-17(10-14)11-15(2,13(18)19-3)16-12-6-7-12/h12,16H,5-11H2,1-4H3. The molecule has 0 aromatic heterocycles. The molecule has 0 aromatic rings. The zero-order valence-corrected chi connectivity index (χ0v) is 13.2. The van der Waals surface area contributed by atoms with Gasteiger partial charge in [-0.2, -0.15) is 0 Å². The van der Waals surface area contributed by atoms with Crippen molar-refractivity contribution >= 4 is 5.97 Å². The van der Waals surface area contributed by atoms with E-state index in [1.54, 1.807) is 7.11 Å². The Morgan fingerprint density at radius 2 is 2.15 bits per heavy atom. The van der Waals surface area contributed by atoms with Crippen LogP contribution in [0.2, 0.25) is 0 Å². The van der Waals surface area contributed by atoms with E-state index in [9.17, 15) is 4.79 Å². The van der Waals surface area contributed by atoms with Gasteiger partial charge in [0.15, 0.2) is 0 Å². The Morgan fingerprint density at radius 3 is 2.70 bits per heavy atom. The number of ether oxygens (including phenoxy) is 2. The van der Waals surface area contributed by atoms with Crippen molar-refractivity contribution in [1.82, 2.24) is 10.2 Å². The van der Waals surface area contributed by atoms with Crippen molar-refractivity contribution < 1.29 is 14.3 Å². The minimum absolute atomic E-state index is 0.102. The van der Waals surface area contributed by atoms with Crippen LogP contribution in [-0.4, -0.2) is 61.9 Å². The molecule has 0 spiro atoms. The number of nitrogens with zero attached hydrogens (tertiary/aromatic N) is 1. The highest BCUT2D eigenvalue weighted by Crippen LogP contribution is 2.27. The largest absolute Gasteiger partial charge is 0.468 e. The summed E-state index contributed by atoms with van der Waals surface area (Å²) in [6.45, 7) is 6.65. The lowest BCUT2D eigenvalue weighted by Crippen LogP contribution is -2.60. The second-order valence-electron chi connectivity index (χ2n) is 6.71. The van der Waals surface area contributed by atoms with E-state index >= 15 is 0 Å². The first-order chi connectivity index (χ1) is 9.41. The summed E-state index contributed by atoms with van der Waals surface area (Å²) in [5.74, 6) is -0.172. The summed E-state index contributed by atoms with van der Waals surface area (Å²) < 4.78 is 10.6. The molecule has 1 heterocycles. The molecule has 2 aliphatic rings. The van der Waals surface area contributed by atoms with E-state index in [0.29, 0.717) is 12.6 Å². The second-order valence-corrected chi connectivity index (χ2v) is 6.71. The van der Waals surface area contributed by atoms with Crippen LogP contribution in [0.4, 0.5) is 0 Å². The maximum Gasteiger partial charge on any atom is 0.327 e. The van der Waals surface area contributed by atoms with E-state index in [1.807, 2.05) is 6.92 Å². The number of nitrogens with one attached hydrogen (secondary N) is 1. The van der Waals surface area contributed by atoms with Crippen molar-refractivity contribution in [1.29, 1.82) is 0 Å². The zero-order chi connectivity index (χ0) is 14.8. The first-order valence-corrected chi connectivity index (χ1v) is 7.54. The average molecular weight is 284 g/mol. The lowest BCUT2D eigenvalue weighted by molar-refractivity contribution is -0.150. The van der Waals surface area contributed by atoms with Crippen LogP contribution >= 0.6 is 0 Å². The maximum atomic E-state index is 12.2. The first-order valence-electron chi connectivity index (χ1n) is 7.54. The molecule has 1 aliphatic carbocycles. The molecule has 1 saturated heterocycles. The van der Waals surface area contributed by atoms with Gasteiger partial charge < -0.3 is 9.47 Å². The van der Waals surface area contributed by atoms with Crippen molar-refractivity contribution in [3.63, 3.8) is 0 Å². The van der Waals surface area contributed by atoms with Gasteiger partial charge in [0.25, 0.3) is 0 Å². The molecular weight excluding hydrogens is 256 g/mol. The van der Waals surface area contributed by atoms with E-state index in [-0.39, 0.29) is 11.6 Å². The number of carbonyl (C=O) groups is 1. The van der Waals surface area contributed by atoms with Crippen LogP contribution in [0.5, 0.6) is 0 Å². The molecule has 20 heavy (non-hydrogen) atoms. The van der Waals surface area contributed by atoms with Gasteiger partial charge in [-0.1, -0.05) is 0 Å². The number of likely N-dealkylation sites (tertiary alicyclic amines) is 1. The summed E-state index contributed by atoms with van der Waals surface area (Å²) in [5.41, 5.74) is -0.725. The van der Waals surface area contributed by atoms with Crippen LogP contribution in [-0.2, 0) is 14.3 Å². The van der Waals surface area contributed by atoms with E-state index in [4.69, 9.17) is 9.47 Å². The number of hydrogen-bond acceptors (Lipinski definition) is 5. The monoisotopic (exact) mass is 284 g/mol. The Morgan fingerprint density at radius 1 is 1.45 bits per heavy atom. The lowest BCUT2D eigenvalue weighted by atomic mass is 9.92. The number of hydrogen-bond donors (Lipinski definition) is 1.